The van der Waals surface area contributed by atoms with Crippen molar-refractivity contribution in [2.24, 2.45) is 0 Å². The third-order valence-electron chi connectivity index (χ3n) is 2.77. The standard InChI is InChI=1S/C12H24N4O2/c1-10(2)16-11(14-9-15-16)7-13-8-12(3,17)5-6-18-4/h9-10,13,17H,5-8H2,1-4H3. The van der Waals surface area contributed by atoms with Crippen LogP contribution in [0.25, 0.3) is 0 Å². The lowest BCUT2D eigenvalue weighted by molar-refractivity contribution is 0.0245. The largest absolute Gasteiger partial charge is 0.389 e. The Bertz CT molecular complexity index is 350. The van der Waals surface area contributed by atoms with E-state index in [1.807, 2.05) is 4.68 Å². The van der Waals surface area contributed by atoms with Gasteiger partial charge in [0.2, 0.25) is 0 Å². The molecule has 104 valence electrons. The van der Waals surface area contributed by atoms with Gasteiger partial charge in [0.1, 0.15) is 12.2 Å². The summed E-state index contributed by atoms with van der Waals surface area (Å²) in [4.78, 5) is 4.20. The Kier molecular flexibility index (Phi) is 5.71. The van der Waals surface area contributed by atoms with Gasteiger partial charge in [0.25, 0.3) is 0 Å². The van der Waals surface area contributed by atoms with Gasteiger partial charge in [-0.1, -0.05) is 0 Å². The van der Waals surface area contributed by atoms with Gasteiger partial charge < -0.3 is 15.2 Å². The van der Waals surface area contributed by atoms with Crippen LogP contribution in [0.5, 0.6) is 0 Å². The molecule has 1 atom stereocenters. The molecule has 0 fully saturated rings. The lowest BCUT2D eigenvalue weighted by Gasteiger charge is -2.23. The number of aliphatic hydroxyl groups is 1. The van der Waals surface area contributed by atoms with Gasteiger partial charge in [0.05, 0.1) is 12.1 Å². The number of ether oxygens (including phenoxy) is 1. The van der Waals surface area contributed by atoms with E-state index in [-0.39, 0.29) is 0 Å². The quantitative estimate of drug-likeness (QED) is 0.717. The fourth-order valence-electron chi connectivity index (χ4n) is 1.69. The van der Waals surface area contributed by atoms with E-state index in [2.05, 4.69) is 29.2 Å². The molecule has 6 heteroatoms. The minimum Gasteiger partial charge on any atom is -0.389 e. The summed E-state index contributed by atoms with van der Waals surface area (Å²) in [6.45, 7) is 7.57. The molecular weight excluding hydrogens is 232 g/mol. The SMILES string of the molecule is COCCC(C)(O)CNCc1ncnn1C(C)C. The van der Waals surface area contributed by atoms with Gasteiger partial charge in [0, 0.05) is 32.7 Å². The molecule has 1 aromatic heterocycles. The molecule has 6 nitrogen and oxygen atoms in total. The molecule has 0 aromatic carbocycles. The molecule has 18 heavy (non-hydrogen) atoms. The van der Waals surface area contributed by atoms with Crippen LogP contribution in [0.3, 0.4) is 0 Å². The topological polar surface area (TPSA) is 72.2 Å². The maximum absolute atomic E-state index is 10.1. The van der Waals surface area contributed by atoms with Gasteiger partial charge in [-0.2, -0.15) is 5.10 Å². The third kappa shape index (κ3) is 4.72. The lowest BCUT2D eigenvalue weighted by Crippen LogP contribution is -2.38. The highest BCUT2D eigenvalue weighted by atomic mass is 16.5. The summed E-state index contributed by atoms with van der Waals surface area (Å²) in [5.74, 6) is 0.882. The number of rotatable bonds is 8. The zero-order chi connectivity index (χ0) is 13.6. The summed E-state index contributed by atoms with van der Waals surface area (Å²) in [5.41, 5.74) is -0.765. The molecular formula is C12H24N4O2. The normalized spacial score (nSPS) is 15.0. The smallest absolute Gasteiger partial charge is 0.141 e. The summed E-state index contributed by atoms with van der Waals surface area (Å²) in [5, 5.41) is 17.4. The number of aromatic nitrogens is 3. The van der Waals surface area contributed by atoms with Crippen LogP contribution >= 0.6 is 0 Å². The van der Waals surface area contributed by atoms with Crippen molar-refractivity contribution in [3.05, 3.63) is 12.2 Å². The summed E-state index contributed by atoms with van der Waals surface area (Å²) in [6, 6.07) is 0.290. The van der Waals surface area contributed by atoms with Gasteiger partial charge >= 0.3 is 0 Å². The van der Waals surface area contributed by atoms with Gasteiger partial charge in [-0.15, -0.1) is 0 Å². The Balaban J connectivity index is 2.39. The van der Waals surface area contributed by atoms with Crippen molar-refractivity contribution in [1.82, 2.24) is 20.1 Å². The predicted molar refractivity (Wildman–Crippen MR) is 69.2 cm³/mol. The first-order valence-electron chi connectivity index (χ1n) is 6.26. The first-order valence-corrected chi connectivity index (χ1v) is 6.26. The van der Waals surface area contributed by atoms with Crippen LogP contribution in [0, 0.1) is 0 Å². The molecule has 1 aromatic rings. The molecule has 1 rings (SSSR count). The van der Waals surface area contributed by atoms with Crippen LogP contribution in [0.15, 0.2) is 6.33 Å². The maximum atomic E-state index is 10.1. The summed E-state index contributed by atoms with van der Waals surface area (Å²) in [6.07, 6.45) is 2.16. The molecule has 0 radical (unpaired) electrons. The van der Waals surface area contributed by atoms with Crippen molar-refractivity contribution in [3.8, 4) is 0 Å². The van der Waals surface area contributed by atoms with E-state index >= 15 is 0 Å². The van der Waals surface area contributed by atoms with Crippen molar-refractivity contribution >= 4 is 0 Å². The minimum absolute atomic E-state index is 0.290. The van der Waals surface area contributed by atoms with E-state index in [1.165, 1.54) is 0 Å². The molecule has 0 aliphatic heterocycles. The molecule has 0 saturated heterocycles. The van der Waals surface area contributed by atoms with Crippen LogP contribution in [-0.4, -0.2) is 45.7 Å². The number of nitrogens with zero attached hydrogens (tertiary/aromatic N) is 3. The third-order valence-corrected chi connectivity index (χ3v) is 2.77. The van der Waals surface area contributed by atoms with Gasteiger partial charge in [-0.3, -0.25) is 0 Å². The average Bonchev–Trinajstić information content (AvgIpc) is 2.74. The Hall–Kier alpha value is -0.980. The minimum atomic E-state index is -0.765. The van der Waals surface area contributed by atoms with Crippen molar-refractivity contribution in [3.63, 3.8) is 0 Å². The number of methoxy groups -OCH3 is 1. The van der Waals surface area contributed by atoms with Crippen molar-refractivity contribution in [2.45, 2.75) is 45.4 Å². The van der Waals surface area contributed by atoms with E-state index in [4.69, 9.17) is 4.74 Å². The summed E-state index contributed by atoms with van der Waals surface area (Å²) >= 11 is 0. The van der Waals surface area contributed by atoms with Crippen LogP contribution in [-0.2, 0) is 11.3 Å². The van der Waals surface area contributed by atoms with E-state index in [9.17, 15) is 5.11 Å². The fraction of sp³-hybridized carbons (Fsp3) is 0.833. The van der Waals surface area contributed by atoms with Crippen molar-refractivity contribution < 1.29 is 9.84 Å². The number of nitrogens with one attached hydrogen (secondary N) is 1. The maximum Gasteiger partial charge on any atom is 0.141 e. The zero-order valence-electron chi connectivity index (χ0n) is 11.7. The molecule has 2 N–H and O–H groups in total. The molecule has 0 bridgehead atoms. The van der Waals surface area contributed by atoms with E-state index in [0.29, 0.717) is 32.2 Å². The summed E-state index contributed by atoms with van der Waals surface area (Å²) in [7, 11) is 1.63. The molecule has 1 heterocycles. The van der Waals surface area contributed by atoms with E-state index in [0.717, 1.165) is 5.82 Å². The van der Waals surface area contributed by atoms with Crippen molar-refractivity contribution in [2.75, 3.05) is 20.3 Å². The second kappa shape index (κ2) is 6.82. The molecule has 0 saturated carbocycles. The Morgan fingerprint density at radius 3 is 2.89 bits per heavy atom. The van der Waals surface area contributed by atoms with Gasteiger partial charge in [-0.25, -0.2) is 9.67 Å². The molecule has 1 unspecified atom stereocenters. The van der Waals surface area contributed by atoms with Crippen molar-refractivity contribution in [1.29, 1.82) is 0 Å². The first-order chi connectivity index (χ1) is 8.46. The molecule has 0 aliphatic carbocycles. The molecule has 0 amide bonds. The van der Waals surface area contributed by atoms with E-state index < -0.39 is 5.60 Å². The second-order valence-electron chi connectivity index (χ2n) is 5.06. The van der Waals surface area contributed by atoms with Crippen LogP contribution in [0.2, 0.25) is 0 Å². The van der Waals surface area contributed by atoms with E-state index in [1.54, 1.807) is 20.4 Å². The predicted octanol–water partition coefficient (Wildman–Crippen LogP) is 0.736. The monoisotopic (exact) mass is 256 g/mol. The second-order valence-corrected chi connectivity index (χ2v) is 5.06. The van der Waals surface area contributed by atoms with Crippen LogP contribution < -0.4 is 5.32 Å². The fourth-order valence-corrected chi connectivity index (χ4v) is 1.69. The Labute approximate surface area is 108 Å². The van der Waals surface area contributed by atoms with Crippen LogP contribution in [0.4, 0.5) is 0 Å². The highest BCUT2D eigenvalue weighted by molar-refractivity contribution is 4.87. The molecule has 0 spiro atoms. The van der Waals surface area contributed by atoms with Gasteiger partial charge in [-0.05, 0) is 20.8 Å². The highest BCUT2D eigenvalue weighted by Gasteiger charge is 2.19. The Morgan fingerprint density at radius 1 is 1.56 bits per heavy atom. The highest BCUT2D eigenvalue weighted by Crippen LogP contribution is 2.09. The summed E-state index contributed by atoms with van der Waals surface area (Å²) < 4.78 is 6.84. The van der Waals surface area contributed by atoms with Gasteiger partial charge in [0.15, 0.2) is 0 Å². The average molecular weight is 256 g/mol. The molecule has 0 aliphatic rings. The zero-order valence-corrected chi connectivity index (χ0v) is 11.7. The first kappa shape index (κ1) is 15.1. The Morgan fingerprint density at radius 2 is 2.28 bits per heavy atom. The van der Waals surface area contributed by atoms with Crippen LogP contribution in [0.1, 0.15) is 39.1 Å². The number of hydrogen-bond acceptors (Lipinski definition) is 5. The number of hydrogen-bond donors (Lipinski definition) is 2. The lowest BCUT2D eigenvalue weighted by atomic mass is 10.0.